The van der Waals surface area contributed by atoms with Gasteiger partial charge in [0.05, 0.1) is 0 Å². The average molecular weight is 851 g/mol. The molecule has 0 aromatic heterocycles. The maximum absolute atomic E-state index is 12.8. The quantitative estimate of drug-likeness (QED) is 0.0200. The summed E-state index contributed by atoms with van der Waals surface area (Å²) in [5, 5.41) is 0. The largest absolute Gasteiger partial charge is 0.462 e. The molecular formula is C55H94O6. The Hall–Kier alpha value is -3.15. The Balaban J connectivity index is 4.48. The number of rotatable bonds is 45. The lowest BCUT2D eigenvalue weighted by atomic mass is 10.1. The van der Waals surface area contributed by atoms with E-state index in [1.807, 2.05) is 0 Å². The van der Waals surface area contributed by atoms with Gasteiger partial charge in [-0.2, -0.15) is 0 Å². The van der Waals surface area contributed by atoms with E-state index in [2.05, 4.69) is 93.7 Å². The molecule has 0 amide bonds. The normalized spacial score (nSPS) is 12.6. The first-order valence-corrected chi connectivity index (χ1v) is 25.5. The minimum Gasteiger partial charge on any atom is -0.462 e. The minimum absolute atomic E-state index is 0.101. The highest BCUT2D eigenvalue weighted by Crippen LogP contribution is 2.13. The van der Waals surface area contributed by atoms with Gasteiger partial charge in [-0.3, -0.25) is 14.4 Å². The fourth-order valence-corrected chi connectivity index (χ4v) is 6.85. The van der Waals surface area contributed by atoms with Crippen LogP contribution in [0.3, 0.4) is 0 Å². The van der Waals surface area contributed by atoms with Gasteiger partial charge in [-0.05, 0) is 103 Å². The Morgan fingerprint density at radius 3 is 1.13 bits per heavy atom. The van der Waals surface area contributed by atoms with Gasteiger partial charge in [0.1, 0.15) is 13.2 Å². The molecule has 0 aliphatic heterocycles. The lowest BCUT2D eigenvalue weighted by Gasteiger charge is -2.18. The van der Waals surface area contributed by atoms with Crippen LogP contribution in [0.1, 0.15) is 239 Å². The summed E-state index contributed by atoms with van der Waals surface area (Å²) in [7, 11) is 0. The van der Waals surface area contributed by atoms with Gasteiger partial charge < -0.3 is 14.2 Å². The number of hydrogen-bond donors (Lipinski definition) is 0. The number of esters is 3. The molecule has 0 radical (unpaired) electrons. The smallest absolute Gasteiger partial charge is 0.306 e. The van der Waals surface area contributed by atoms with E-state index < -0.39 is 6.10 Å². The topological polar surface area (TPSA) is 78.9 Å². The Kier molecular flexibility index (Phi) is 46.9. The van der Waals surface area contributed by atoms with Gasteiger partial charge in [0.15, 0.2) is 6.10 Å². The molecule has 6 heteroatoms. The van der Waals surface area contributed by atoms with Crippen molar-refractivity contribution in [3.8, 4) is 0 Å². The summed E-state index contributed by atoms with van der Waals surface area (Å²) < 4.78 is 16.7. The molecule has 0 aromatic carbocycles. The second-order valence-corrected chi connectivity index (χ2v) is 16.7. The fraction of sp³-hybridized carbons (Fsp3) is 0.727. The maximum atomic E-state index is 12.8. The Labute approximate surface area is 376 Å². The van der Waals surface area contributed by atoms with E-state index in [1.165, 1.54) is 83.5 Å². The van der Waals surface area contributed by atoms with Crippen LogP contribution >= 0.6 is 0 Å². The van der Waals surface area contributed by atoms with Gasteiger partial charge >= 0.3 is 17.9 Å². The molecule has 0 saturated carbocycles. The molecule has 0 aliphatic rings. The highest BCUT2D eigenvalue weighted by atomic mass is 16.6. The monoisotopic (exact) mass is 851 g/mol. The van der Waals surface area contributed by atoms with Crippen molar-refractivity contribution in [2.45, 2.75) is 245 Å². The van der Waals surface area contributed by atoms with Crippen LogP contribution < -0.4 is 0 Å². The summed E-state index contributed by atoms with van der Waals surface area (Å²) in [5.74, 6) is -0.966. The summed E-state index contributed by atoms with van der Waals surface area (Å²) in [6, 6.07) is 0. The number of carbonyl (C=O) groups excluding carboxylic acids is 3. The van der Waals surface area contributed by atoms with Crippen LogP contribution in [0, 0.1) is 0 Å². The molecule has 0 rings (SSSR count). The van der Waals surface area contributed by atoms with Gasteiger partial charge in [0.25, 0.3) is 0 Å². The zero-order valence-corrected chi connectivity index (χ0v) is 39.9. The maximum Gasteiger partial charge on any atom is 0.306 e. The molecule has 0 bridgehead atoms. The number of unbranched alkanes of at least 4 members (excludes halogenated alkanes) is 23. The standard InChI is InChI=1S/C55H94O6/c1-4-7-10-13-16-19-22-25-27-28-31-33-36-39-42-45-48-54(57)60-51-52(50-59-53(56)47-44-41-38-35-32-29-24-21-18-15-12-9-6-3)61-55(58)49-46-43-40-37-34-30-26-23-20-17-14-11-8-5-2/h8,11,17,20,26-33,52H,4-7,9-10,12-16,18-19,21-25,34-51H2,1-3H3/b11-8-,20-17-,28-27-,30-26-,32-29-,33-31-. The molecule has 0 N–H and O–H groups in total. The molecule has 1 atom stereocenters. The molecule has 6 nitrogen and oxygen atoms in total. The van der Waals surface area contributed by atoms with Crippen molar-refractivity contribution >= 4 is 17.9 Å². The van der Waals surface area contributed by atoms with Gasteiger partial charge in [0.2, 0.25) is 0 Å². The first-order valence-electron chi connectivity index (χ1n) is 25.5. The van der Waals surface area contributed by atoms with Crippen molar-refractivity contribution in [2.24, 2.45) is 0 Å². The van der Waals surface area contributed by atoms with Crippen molar-refractivity contribution in [2.75, 3.05) is 13.2 Å². The van der Waals surface area contributed by atoms with Crippen molar-refractivity contribution < 1.29 is 28.6 Å². The van der Waals surface area contributed by atoms with Crippen LogP contribution in [0.25, 0.3) is 0 Å². The molecule has 1 unspecified atom stereocenters. The molecule has 350 valence electrons. The first kappa shape index (κ1) is 57.9. The predicted molar refractivity (Wildman–Crippen MR) is 261 cm³/mol. The number of ether oxygens (including phenoxy) is 3. The number of allylic oxidation sites excluding steroid dienone is 12. The van der Waals surface area contributed by atoms with Crippen molar-refractivity contribution in [3.05, 3.63) is 72.9 Å². The lowest BCUT2D eigenvalue weighted by Crippen LogP contribution is -2.30. The Morgan fingerprint density at radius 2 is 0.689 bits per heavy atom. The Morgan fingerprint density at radius 1 is 0.361 bits per heavy atom. The fourth-order valence-electron chi connectivity index (χ4n) is 6.85. The predicted octanol–water partition coefficient (Wildman–Crippen LogP) is 16.6. The highest BCUT2D eigenvalue weighted by Gasteiger charge is 2.19. The van der Waals surface area contributed by atoms with Crippen molar-refractivity contribution in [3.63, 3.8) is 0 Å². The highest BCUT2D eigenvalue weighted by molar-refractivity contribution is 5.71. The minimum atomic E-state index is -0.803. The van der Waals surface area contributed by atoms with Gasteiger partial charge in [-0.15, -0.1) is 0 Å². The van der Waals surface area contributed by atoms with Crippen molar-refractivity contribution in [1.82, 2.24) is 0 Å². The van der Waals surface area contributed by atoms with E-state index >= 15 is 0 Å². The van der Waals surface area contributed by atoms with E-state index in [9.17, 15) is 14.4 Å². The average Bonchev–Trinajstić information content (AvgIpc) is 3.26. The molecule has 0 heterocycles. The second-order valence-electron chi connectivity index (χ2n) is 16.7. The third-order valence-corrected chi connectivity index (χ3v) is 10.7. The van der Waals surface area contributed by atoms with E-state index in [0.29, 0.717) is 19.3 Å². The summed E-state index contributed by atoms with van der Waals surface area (Å²) >= 11 is 0. The van der Waals surface area contributed by atoms with Crippen LogP contribution in [-0.2, 0) is 28.6 Å². The SMILES string of the molecule is CC/C=C\C/C=C\C/C=C\CCCCCCC(=O)OC(COC(=O)CCCCC/C=C\C=C/CCCCCCCCC)COC(=O)CCCCC/C=C\CCCCCCCC. The zero-order valence-electron chi connectivity index (χ0n) is 39.9. The Bertz CT molecular complexity index is 1160. The molecule has 61 heavy (non-hydrogen) atoms. The van der Waals surface area contributed by atoms with Crippen LogP contribution in [0.5, 0.6) is 0 Å². The van der Waals surface area contributed by atoms with Crippen molar-refractivity contribution in [1.29, 1.82) is 0 Å². The van der Waals surface area contributed by atoms with Crippen LogP contribution in [0.4, 0.5) is 0 Å². The summed E-state index contributed by atoms with van der Waals surface area (Å²) in [6.07, 6.45) is 61.7. The summed E-state index contributed by atoms with van der Waals surface area (Å²) in [4.78, 5) is 37.9. The summed E-state index contributed by atoms with van der Waals surface area (Å²) in [5.41, 5.74) is 0. The number of carbonyl (C=O) groups is 3. The van der Waals surface area contributed by atoms with Crippen LogP contribution in [0.2, 0.25) is 0 Å². The third kappa shape index (κ3) is 47.7. The van der Waals surface area contributed by atoms with E-state index in [4.69, 9.17) is 14.2 Å². The molecule has 0 aromatic rings. The molecular weight excluding hydrogens is 757 g/mol. The molecule has 0 fully saturated rings. The first-order chi connectivity index (χ1) is 30.0. The van der Waals surface area contributed by atoms with Gasteiger partial charge in [-0.25, -0.2) is 0 Å². The molecule has 0 spiro atoms. The van der Waals surface area contributed by atoms with E-state index in [-0.39, 0.29) is 31.1 Å². The zero-order chi connectivity index (χ0) is 44.4. The molecule has 0 aliphatic carbocycles. The lowest BCUT2D eigenvalue weighted by molar-refractivity contribution is -0.167. The van der Waals surface area contributed by atoms with E-state index in [1.54, 1.807) is 0 Å². The van der Waals surface area contributed by atoms with Crippen LogP contribution in [-0.4, -0.2) is 37.2 Å². The number of hydrogen-bond acceptors (Lipinski definition) is 6. The summed E-state index contributed by atoms with van der Waals surface area (Å²) in [6.45, 7) is 6.45. The van der Waals surface area contributed by atoms with Crippen LogP contribution in [0.15, 0.2) is 72.9 Å². The third-order valence-electron chi connectivity index (χ3n) is 10.7. The van der Waals surface area contributed by atoms with Gasteiger partial charge in [0, 0.05) is 19.3 Å². The second kappa shape index (κ2) is 49.5. The van der Waals surface area contributed by atoms with E-state index in [0.717, 1.165) is 116 Å². The van der Waals surface area contributed by atoms with Gasteiger partial charge in [-0.1, -0.05) is 190 Å². The molecule has 0 saturated heterocycles.